The summed E-state index contributed by atoms with van der Waals surface area (Å²) < 4.78 is 44.8. The first-order chi connectivity index (χ1) is 12.9. The van der Waals surface area contributed by atoms with Gasteiger partial charge >= 0.3 is 6.18 Å². The molecule has 0 unspecified atom stereocenters. The first-order valence-corrected chi connectivity index (χ1v) is 8.13. The van der Waals surface area contributed by atoms with E-state index in [0.717, 1.165) is 17.7 Å². The fourth-order valence-corrected chi connectivity index (χ4v) is 2.39. The molecule has 0 bridgehead atoms. The minimum Gasteiger partial charge on any atom is -0.507 e. The zero-order chi connectivity index (χ0) is 19.3. The zero-order valence-electron chi connectivity index (χ0n) is 14.1. The molecule has 0 radical (unpaired) electrons. The summed E-state index contributed by atoms with van der Waals surface area (Å²) in [6.07, 6.45) is -3.18. The minimum absolute atomic E-state index is 0.0139. The first kappa shape index (κ1) is 18.5. The maximum Gasteiger partial charge on any atom is 0.416 e. The lowest BCUT2D eigenvalue weighted by atomic mass is 10.1. The van der Waals surface area contributed by atoms with Gasteiger partial charge < -0.3 is 9.84 Å². The predicted molar refractivity (Wildman–Crippen MR) is 97.6 cm³/mol. The van der Waals surface area contributed by atoms with Crippen LogP contribution in [-0.2, 0) is 12.8 Å². The summed E-state index contributed by atoms with van der Waals surface area (Å²) in [5, 5.41) is 9.79. The highest BCUT2D eigenvalue weighted by atomic mass is 19.4. The molecule has 3 aromatic carbocycles. The largest absolute Gasteiger partial charge is 0.507 e. The van der Waals surface area contributed by atoms with Gasteiger partial charge in [0.2, 0.25) is 0 Å². The lowest BCUT2D eigenvalue weighted by Gasteiger charge is -2.12. The number of alkyl halides is 3. The van der Waals surface area contributed by atoms with E-state index in [9.17, 15) is 18.3 Å². The second-order valence-electron chi connectivity index (χ2n) is 5.77. The Balaban J connectivity index is 1.91. The fraction of sp³-hybridized carbons (Fsp3) is 0.0952. The number of halogens is 3. The molecular formula is C21H16F3NO2. The highest BCUT2D eigenvalue weighted by Gasteiger charge is 2.31. The Kier molecular flexibility index (Phi) is 5.45. The van der Waals surface area contributed by atoms with Crippen LogP contribution >= 0.6 is 0 Å². The van der Waals surface area contributed by atoms with E-state index in [1.54, 1.807) is 18.2 Å². The molecule has 0 fully saturated rings. The maximum atomic E-state index is 13.0. The van der Waals surface area contributed by atoms with E-state index in [-0.39, 0.29) is 23.8 Å². The average Bonchev–Trinajstić information content (AvgIpc) is 2.66. The number of ether oxygens (including phenoxy) is 1. The van der Waals surface area contributed by atoms with Gasteiger partial charge in [-0.2, -0.15) is 13.2 Å². The third-order valence-electron chi connectivity index (χ3n) is 3.80. The molecule has 3 nitrogen and oxygen atoms in total. The summed E-state index contributed by atoms with van der Waals surface area (Å²) in [6, 6.07) is 18.8. The van der Waals surface area contributed by atoms with E-state index in [2.05, 4.69) is 4.99 Å². The second kappa shape index (κ2) is 7.95. The van der Waals surface area contributed by atoms with Crippen LogP contribution < -0.4 is 4.74 Å². The molecule has 0 aliphatic heterocycles. The van der Waals surface area contributed by atoms with Crippen molar-refractivity contribution in [2.75, 3.05) is 0 Å². The van der Waals surface area contributed by atoms with Gasteiger partial charge in [-0.15, -0.1) is 0 Å². The Labute approximate surface area is 154 Å². The molecule has 0 spiro atoms. The first-order valence-electron chi connectivity index (χ1n) is 8.13. The van der Waals surface area contributed by atoms with Crippen molar-refractivity contribution >= 4 is 11.9 Å². The van der Waals surface area contributed by atoms with E-state index in [1.807, 2.05) is 30.3 Å². The van der Waals surface area contributed by atoms with Crippen LogP contribution in [-0.4, -0.2) is 11.3 Å². The van der Waals surface area contributed by atoms with Gasteiger partial charge in [0.1, 0.15) is 23.8 Å². The summed E-state index contributed by atoms with van der Waals surface area (Å²) in [7, 11) is 0. The lowest BCUT2D eigenvalue weighted by molar-refractivity contribution is -0.137. The number of hydrogen-bond donors (Lipinski definition) is 1. The number of benzene rings is 3. The molecule has 0 amide bonds. The number of hydrogen-bond acceptors (Lipinski definition) is 3. The smallest absolute Gasteiger partial charge is 0.416 e. The van der Waals surface area contributed by atoms with Gasteiger partial charge in [0.05, 0.1) is 5.56 Å². The molecule has 0 saturated heterocycles. The monoisotopic (exact) mass is 371 g/mol. The van der Waals surface area contributed by atoms with Gasteiger partial charge in [-0.05, 0) is 35.9 Å². The number of para-hydroxylation sites is 1. The number of phenolic OH excluding ortho intramolecular Hbond substituents is 1. The Bertz CT molecular complexity index is 938. The van der Waals surface area contributed by atoms with Crippen molar-refractivity contribution in [1.82, 2.24) is 0 Å². The second-order valence-corrected chi connectivity index (χ2v) is 5.77. The van der Waals surface area contributed by atoms with E-state index >= 15 is 0 Å². The van der Waals surface area contributed by atoms with Crippen LogP contribution in [0.1, 0.15) is 16.7 Å². The van der Waals surface area contributed by atoms with Gasteiger partial charge in [-0.1, -0.05) is 42.5 Å². The van der Waals surface area contributed by atoms with Crippen LogP contribution in [0.5, 0.6) is 11.5 Å². The van der Waals surface area contributed by atoms with Crippen LogP contribution in [0.25, 0.3) is 0 Å². The van der Waals surface area contributed by atoms with E-state index in [1.165, 1.54) is 18.3 Å². The van der Waals surface area contributed by atoms with Gasteiger partial charge in [0, 0.05) is 11.8 Å². The number of rotatable bonds is 5. The molecule has 0 heterocycles. The van der Waals surface area contributed by atoms with Crippen molar-refractivity contribution in [2.45, 2.75) is 12.8 Å². The number of aliphatic imine (C=N–C) groups is 1. The lowest BCUT2D eigenvalue weighted by Crippen LogP contribution is -2.05. The van der Waals surface area contributed by atoms with Crippen LogP contribution in [0, 0.1) is 0 Å². The average molecular weight is 371 g/mol. The van der Waals surface area contributed by atoms with Crippen molar-refractivity contribution in [2.24, 2.45) is 4.99 Å². The van der Waals surface area contributed by atoms with Crippen molar-refractivity contribution in [3.63, 3.8) is 0 Å². The van der Waals surface area contributed by atoms with Crippen LogP contribution in [0.4, 0.5) is 18.9 Å². The van der Waals surface area contributed by atoms with E-state index in [4.69, 9.17) is 4.74 Å². The number of aromatic hydroxyl groups is 1. The predicted octanol–water partition coefficient (Wildman–Crippen LogP) is 5.74. The molecule has 0 saturated carbocycles. The van der Waals surface area contributed by atoms with Crippen molar-refractivity contribution in [3.8, 4) is 11.5 Å². The Hall–Kier alpha value is -3.28. The van der Waals surface area contributed by atoms with Crippen molar-refractivity contribution in [1.29, 1.82) is 0 Å². The molecule has 27 heavy (non-hydrogen) atoms. The molecule has 0 atom stereocenters. The molecule has 0 aliphatic rings. The zero-order valence-corrected chi connectivity index (χ0v) is 14.1. The van der Waals surface area contributed by atoms with Crippen LogP contribution in [0.15, 0.2) is 77.8 Å². The summed E-state index contributed by atoms with van der Waals surface area (Å²) in [6.45, 7) is 0.200. The number of nitrogens with zero attached hydrogens (tertiary/aromatic N) is 1. The van der Waals surface area contributed by atoms with Crippen molar-refractivity contribution < 1.29 is 23.0 Å². The van der Waals surface area contributed by atoms with E-state index < -0.39 is 11.7 Å². The summed E-state index contributed by atoms with van der Waals surface area (Å²) >= 11 is 0. The summed E-state index contributed by atoms with van der Waals surface area (Å²) in [4.78, 5) is 4.11. The van der Waals surface area contributed by atoms with Crippen LogP contribution in [0.3, 0.4) is 0 Å². The van der Waals surface area contributed by atoms with Crippen LogP contribution in [0.2, 0.25) is 0 Å². The van der Waals surface area contributed by atoms with Gasteiger partial charge in [0.25, 0.3) is 0 Å². The molecule has 0 aliphatic carbocycles. The molecule has 3 aromatic rings. The third-order valence-corrected chi connectivity index (χ3v) is 3.80. The third kappa shape index (κ3) is 4.88. The highest BCUT2D eigenvalue weighted by molar-refractivity contribution is 5.85. The molecule has 138 valence electrons. The quantitative estimate of drug-likeness (QED) is 0.581. The fourth-order valence-electron chi connectivity index (χ4n) is 2.39. The standard InChI is InChI=1S/C21H16F3NO2/c22-21(23,24)17-10-11-20(27-14-15-6-2-1-3-7-15)18(12-17)25-13-16-8-4-5-9-19(16)26/h1-13,26H,14H2. The molecule has 1 N–H and O–H groups in total. The SMILES string of the molecule is Oc1ccccc1C=Nc1cc(C(F)(F)F)ccc1OCc1ccccc1. The Morgan fingerprint density at radius 3 is 2.33 bits per heavy atom. The van der Waals surface area contributed by atoms with Crippen molar-refractivity contribution in [3.05, 3.63) is 89.5 Å². The Morgan fingerprint density at radius 1 is 0.926 bits per heavy atom. The maximum absolute atomic E-state index is 13.0. The molecule has 6 heteroatoms. The normalized spacial score (nSPS) is 11.7. The topological polar surface area (TPSA) is 41.8 Å². The Morgan fingerprint density at radius 2 is 1.63 bits per heavy atom. The molecular weight excluding hydrogens is 355 g/mol. The minimum atomic E-state index is -4.49. The summed E-state index contributed by atoms with van der Waals surface area (Å²) in [5.41, 5.74) is 0.486. The highest BCUT2D eigenvalue weighted by Crippen LogP contribution is 2.37. The molecule has 3 rings (SSSR count). The van der Waals surface area contributed by atoms with Gasteiger partial charge in [0.15, 0.2) is 0 Å². The number of phenols is 1. The van der Waals surface area contributed by atoms with Gasteiger partial charge in [-0.25, -0.2) is 0 Å². The van der Waals surface area contributed by atoms with Gasteiger partial charge in [-0.3, -0.25) is 4.99 Å². The molecule has 0 aromatic heterocycles. The van der Waals surface area contributed by atoms with E-state index in [0.29, 0.717) is 5.56 Å². The summed E-state index contributed by atoms with van der Waals surface area (Å²) in [5.74, 6) is 0.207.